The van der Waals surface area contributed by atoms with Gasteiger partial charge in [-0.2, -0.15) is 0 Å². The molecule has 1 aromatic carbocycles. The number of aromatic nitrogens is 1. The Morgan fingerprint density at radius 3 is 2.80 bits per heavy atom. The molecule has 1 unspecified atom stereocenters. The van der Waals surface area contributed by atoms with Crippen molar-refractivity contribution in [2.75, 3.05) is 14.2 Å². The minimum atomic E-state index is 0.137. The van der Waals surface area contributed by atoms with Gasteiger partial charge in [-0.1, -0.05) is 17.7 Å². The fraction of sp³-hybridized carbons (Fsp3) is 0.267. The Labute approximate surface area is 132 Å². The maximum absolute atomic E-state index is 6.01. The van der Waals surface area contributed by atoms with Gasteiger partial charge in [0, 0.05) is 33.5 Å². The summed E-state index contributed by atoms with van der Waals surface area (Å²) in [7, 11) is 3.59. The van der Waals surface area contributed by atoms with E-state index in [1.165, 1.54) is 0 Å². The number of rotatable bonds is 5. The highest BCUT2D eigenvalue weighted by Crippen LogP contribution is 2.30. The van der Waals surface area contributed by atoms with Crippen LogP contribution >= 0.6 is 27.5 Å². The number of benzene rings is 1. The molecule has 1 atom stereocenters. The second-order valence-corrected chi connectivity index (χ2v) is 5.80. The highest BCUT2D eigenvalue weighted by molar-refractivity contribution is 9.10. The fourth-order valence-electron chi connectivity index (χ4n) is 2.14. The number of ether oxygens (including phenoxy) is 1. The van der Waals surface area contributed by atoms with E-state index in [1.54, 1.807) is 13.3 Å². The van der Waals surface area contributed by atoms with Crippen molar-refractivity contribution in [2.45, 2.75) is 12.5 Å². The lowest BCUT2D eigenvalue weighted by atomic mass is 9.99. The Bertz CT molecular complexity index is 592. The normalized spacial score (nSPS) is 12.2. The highest BCUT2D eigenvalue weighted by Gasteiger charge is 2.15. The standard InChI is InChI=1S/C15H16BrClN2O/c1-18-14(6-10-5-11(16)9-19-8-10)13-4-3-12(17)7-15(13)20-2/h3-5,7-9,14,18H,6H2,1-2H3. The lowest BCUT2D eigenvalue weighted by molar-refractivity contribution is 0.401. The Morgan fingerprint density at radius 2 is 2.15 bits per heavy atom. The first-order valence-corrected chi connectivity index (χ1v) is 7.41. The molecule has 0 aliphatic carbocycles. The summed E-state index contributed by atoms with van der Waals surface area (Å²) in [6, 6.07) is 7.91. The van der Waals surface area contributed by atoms with Gasteiger partial charge in [-0.3, -0.25) is 4.98 Å². The molecular weight excluding hydrogens is 340 g/mol. The van der Waals surface area contributed by atoms with E-state index in [9.17, 15) is 0 Å². The molecule has 0 saturated carbocycles. The van der Waals surface area contributed by atoms with Gasteiger partial charge in [-0.25, -0.2) is 0 Å². The minimum absolute atomic E-state index is 0.137. The second kappa shape index (κ2) is 7.07. The number of halogens is 2. The number of hydrogen-bond acceptors (Lipinski definition) is 3. The molecule has 3 nitrogen and oxygen atoms in total. The summed E-state index contributed by atoms with van der Waals surface area (Å²) >= 11 is 9.45. The SMILES string of the molecule is CNC(Cc1cncc(Br)c1)c1ccc(Cl)cc1OC. The minimum Gasteiger partial charge on any atom is -0.496 e. The van der Waals surface area contributed by atoms with E-state index in [-0.39, 0.29) is 6.04 Å². The van der Waals surface area contributed by atoms with Crippen LogP contribution in [0.4, 0.5) is 0 Å². The fourth-order valence-corrected chi connectivity index (χ4v) is 2.72. The zero-order chi connectivity index (χ0) is 14.5. The van der Waals surface area contributed by atoms with Crippen LogP contribution in [0.3, 0.4) is 0 Å². The monoisotopic (exact) mass is 354 g/mol. The number of hydrogen-bond donors (Lipinski definition) is 1. The average Bonchev–Trinajstić information content (AvgIpc) is 2.45. The molecule has 0 radical (unpaired) electrons. The zero-order valence-electron chi connectivity index (χ0n) is 11.4. The topological polar surface area (TPSA) is 34.2 Å². The van der Waals surface area contributed by atoms with Crippen LogP contribution in [0, 0.1) is 0 Å². The van der Waals surface area contributed by atoms with E-state index in [0.29, 0.717) is 5.02 Å². The molecular formula is C15H16BrClN2O. The predicted octanol–water partition coefficient (Wildman–Crippen LogP) is 4.01. The molecule has 1 N–H and O–H groups in total. The van der Waals surface area contributed by atoms with Crippen LogP contribution in [0.1, 0.15) is 17.2 Å². The Balaban J connectivity index is 2.28. The van der Waals surface area contributed by atoms with Gasteiger partial charge in [0.25, 0.3) is 0 Å². The predicted molar refractivity (Wildman–Crippen MR) is 85.4 cm³/mol. The van der Waals surface area contributed by atoms with E-state index in [0.717, 1.165) is 27.8 Å². The van der Waals surface area contributed by atoms with Gasteiger partial charge in [-0.15, -0.1) is 0 Å². The van der Waals surface area contributed by atoms with Crippen molar-refractivity contribution in [3.05, 3.63) is 57.3 Å². The van der Waals surface area contributed by atoms with Crippen molar-refractivity contribution in [2.24, 2.45) is 0 Å². The van der Waals surface area contributed by atoms with Crippen molar-refractivity contribution in [1.82, 2.24) is 10.3 Å². The van der Waals surface area contributed by atoms with E-state index in [4.69, 9.17) is 16.3 Å². The van der Waals surface area contributed by atoms with Crippen molar-refractivity contribution >= 4 is 27.5 Å². The number of methoxy groups -OCH3 is 1. The summed E-state index contributed by atoms with van der Waals surface area (Å²) in [5.41, 5.74) is 2.23. The molecule has 2 rings (SSSR count). The third kappa shape index (κ3) is 3.72. The number of nitrogens with zero attached hydrogens (tertiary/aromatic N) is 1. The molecule has 0 spiro atoms. The van der Waals surface area contributed by atoms with Gasteiger partial charge in [-0.05, 0) is 53.2 Å². The molecule has 106 valence electrons. The second-order valence-electron chi connectivity index (χ2n) is 4.44. The van der Waals surface area contributed by atoms with Gasteiger partial charge in [0.05, 0.1) is 7.11 Å². The van der Waals surface area contributed by atoms with E-state index in [1.807, 2.05) is 31.4 Å². The molecule has 0 bridgehead atoms. The summed E-state index contributed by atoms with van der Waals surface area (Å²) < 4.78 is 6.40. The van der Waals surface area contributed by atoms with Crippen LogP contribution in [-0.4, -0.2) is 19.1 Å². The molecule has 0 amide bonds. The lowest BCUT2D eigenvalue weighted by Gasteiger charge is -2.19. The van der Waals surface area contributed by atoms with Gasteiger partial charge in [0.1, 0.15) is 5.75 Å². The molecule has 2 aromatic rings. The quantitative estimate of drug-likeness (QED) is 0.880. The van der Waals surface area contributed by atoms with Crippen LogP contribution in [0.5, 0.6) is 5.75 Å². The first-order valence-electron chi connectivity index (χ1n) is 6.24. The van der Waals surface area contributed by atoms with E-state index in [2.05, 4.69) is 32.3 Å². The number of pyridine rings is 1. The first-order chi connectivity index (χ1) is 9.63. The van der Waals surface area contributed by atoms with Gasteiger partial charge in [0.15, 0.2) is 0 Å². The van der Waals surface area contributed by atoms with Crippen LogP contribution in [0.15, 0.2) is 41.1 Å². The molecule has 5 heteroatoms. The Hall–Kier alpha value is -1.10. The molecule has 1 aromatic heterocycles. The molecule has 0 saturated heterocycles. The van der Waals surface area contributed by atoms with Crippen LogP contribution in [0.2, 0.25) is 5.02 Å². The number of likely N-dealkylation sites (N-methyl/N-ethyl adjacent to an activating group) is 1. The van der Waals surface area contributed by atoms with Crippen molar-refractivity contribution in [3.63, 3.8) is 0 Å². The van der Waals surface area contributed by atoms with E-state index < -0.39 is 0 Å². The van der Waals surface area contributed by atoms with Crippen molar-refractivity contribution < 1.29 is 4.74 Å². The van der Waals surface area contributed by atoms with Crippen LogP contribution in [-0.2, 0) is 6.42 Å². The lowest BCUT2D eigenvalue weighted by Crippen LogP contribution is -2.19. The van der Waals surface area contributed by atoms with Gasteiger partial charge < -0.3 is 10.1 Å². The molecule has 0 aliphatic heterocycles. The maximum atomic E-state index is 6.01. The molecule has 1 heterocycles. The molecule has 0 aliphatic rings. The first kappa shape index (κ1) is 15.3. The van der Waals surface area contributed by atoms with Crippen LogP contribution < -0.4 is 10.1 Å². The Morgan fingerprint density at radius 1 is 1.35 bits per heavy atom. The summed E-state index contributed by atoms with van der Waals surface area (Å²) in [5.74, 6) is 0.791. The average molecular weight is 356 g/mol. The highest BCUT2D eigenvalue weighted by atomic mass is 79.9. The van der Waals surface area contributed by atoms with Crippen molar-refractivity contribution in [3.8, 4) is 5.75 Å². The third-order valence-corrected chi connectivity index (χ3v) is 3.79. The van der Waals surface area contributed by atoms with Crippen LogP contribution in [0.25, 0.3) is 0 Å². The number of nitrogens with one attached hydrogen (secondary N) is 1. The maximum Gasteiger partial charge on any atom is 0.125 e. The largest absolute Gasteiger partial charge is 0.496 e. The molecule has 20 heavy (non-hydrogen) atoms. The summed E-state index contributed by atoms with van der Waals surface area (Å²) in [6.07, 6.45) is 4.47. The van der Waals surface area contributed by atoms with E-state index >= 15 is 0 Å². The summed E-state index contributed by atoms with van der Waals surface area (Å²) in [5, 5.41) is 3.99. The van der Waals surface area contributed by atoms with Crippen molar-refractivity contribution in [1.29, 1.82) is 0 Å². The Kier molecular flexibility index (Phi) is 5.40. The smallest absolute Gasteiger partial charge is 0.125 e. The summed E-state index contributed by atoms with van der Waals surface area (Å²) in [6.45, 7) is 0. The summed E-state index contributed by atoms with van der Waals surface area (Å²) in [4.78, 5) is 4.19. The molecule has 0 fully saturated rings. The van der Waals surface area contributed by atoms with Gasteiger partial charge in [0.2, 0.25) is 0 Å². The third-order valence-electron chi connectivity index (χ3n) is 3.12. The zero-order valence-corrected chi connectivity index (χ0v) is 13.7. The van der Waals surface area contributed by atoms with Gasteiger partial charge >= 0.3 is 0 Å².